The van der Waals surface area contributed by atoms with E-state index in [0.717, 1.165) is 36.1 Å². The molecule has 1 amide bonds. The molecule has 1 aliphatic carbocycles. The number of carbonyl (C=O) groups excluding carboxylic acids is 2. The van der Waals surface area contributed by atoms with Crippen molar-refractivity contribution in [1.82, 2.24) is 5.32 Å². The molecule has 146 valence electrons. The van der Waals surface area contributed by atoms with Gasteiger partial charge in [0.05, 0.1) is 17.6 Å². The Labute approximate surface area is 170 Å². The Morgan fingerprint density at radius 1 is 1.21 bits per heavy atom. The Morgan fingerprint density at radius 3 is 2.54 bits per heavy atom. The average molecular weight is 419 g/mol. The van der Waals surface area contributed by atoms with E-state index in [-0.39, 0.29) is 16.4 Å². The molecule has 0 aliphatic heterocycles. The van der Waals surface area contributed by atoms with E-state index in [1.54, 1.807) is 0 Å². The van der Waals surface area contributed by atoms with Crippen molar-refractivity contribution >= 4 is 51.2 Å². The van der Waals surface area contributed by atoms with Crippen LogP contribution in [0.3, 0.4) is 0 Å². The summed E-state index contributed by atoms with van der Waals surface area (Å²) in [6.45, 7) is 0. The number of esters is 1. The van der Waals surface area contributed by atoms with Crippen LogP contribution in [0.1, 0.15) is 44.0 Å². The van der Waals surface area contributed by atoms with Crippen LogP contribution < -0.4 is 10.6 Å². The Bertz CT molecular complexity index is 953. The van der Waals surface area contributed by atoms with Crippen LogP contribution in [0.4, 0.5) is 10.7 Å². The molecule has 10 heteroatoms. The summed E-state index contributed by atoms with van der Waals surface area (Å²) in [7, 11) is 1.33. The molecule has 1 aromatic heterocycles. The second-order valence-electron chi connectivity index (χ2n) is 6.12. The molecule has 28 heavy (non-hydrogen) atoms. The fourth-order valence-corrected chi connectivity index (χ4v) is 4.56. The molecule has 0 saturated heterocycles. The van der Waals surface area contributed by atoms with Crippen molar-refractivity contribution in [2.75, 3.05) is 12.4 Å². The van der Waals surface area contributed by atoms with Gasteiger partial charge in [0.25, 0.3) is 11.6 Å². The Hall–Kier alpha value is -2.85. The third-order valence-corrected chi connectivity index (χ3v) is 5.77. The summed E-state index contributed by atoms with van der Waals surface area (Å²) in [5.41, 5.74) is 1.57. The highest BCUT2D eigenvalue weighted by atomic mass is 32.1. The third kappa shape index (κ3) is 4.18. The number of thiocarbonyl (C=S) groups is 1. The fraction of sp³-hybridized carbons (Fsp3) is 0.278. The highest BCUT2D eigenvalue weighted by Gasteiger charge is 2.26. The second-order valence-corrected chi connectivity index (χ2v) is 7.63. The lowest BCUT2D eigenvalue weighted by atomic mass is 9.95. The van der Waals surface area contributed by atoms with Gasteiger partial charge in [-0.2, -0.15) is 0 Å². The molecule has 1 aromatic carbocycles. The molecule has 2 aromatic rings. The van der Waals surface area contributed by atoms with Gasteiger partial charge in [-0.3, -0.25) is 20.2 Å². The number of methoxy groups -OCH3 is 1. The molecule has 1 heterocycles. The predicted octanol–water partition coefficient (Wildman–Crippen LogP) is 3.45. The van der Waals surface area contributed by atoms with Crippen LogP contribution in [0, 0.1) is 10.1 Å². The van der Waals surface area contributed by atoms with Crippen molar-refractivity contribution in [2.24, 2.45) is 0 Å². The van der Waals surface area contributed by atoms with E-state index in [9.17, 15) is 19.7 Å². The summed E-state index contributed by atoms with van der Waals surface area (Å²) in [5.74, 6) is -0.945. The molecule has 0 unspecified atom stereocenters. The van der Waals surface area contributed by atoms with Gasteiger partial charge in [0.2, 0.25) is 0 Å². The predicted molar refractivity (Wildman–Crippen MR) is 109 cm³/mol. The number of nitro benzene ring substituents is 1. The molecule has 0 spiro atoms. The van der Waals surface area contributed by atoms with E-state index in [2.05, 4.69) is 10.6 Å². The second kappa shape index (κ2) is 8.44. The van der Waals surface area contributed by atoms with Crippen LogP contribution in [-0.4, -0.2) is 29.0 Å². The van der Waals surface area contributed by atoms with E-state index < -0.39 is 16.8 Å². The van der Waals surface area contributed by atoms with Gasteiger partial charge in [-0.05, 0) is 55.6 Å². The van der Waals surface area contributed by atoms with Crippen LogP contribution in [-0.2, 0) is 17.6 Å². The van der Waals surface area contributed by atoms with Crippen molar-refractivity contribution in [3.8, 4) is 0 Å². The van der Waals surface area contributed by atoms with Gasteiger partial charge >= 0.3 is 5.97 Å². The number of hydrogen-bond acceptors (Lipinski definition) is 7. The Kier molecular flexibility index (Phi) is 6.00. The Balaban J connectivity index is 1.74. The number of nitrogens with one attached hydrogen (secondary N) is 2. The zero-order chi connectivity index (χ0) is 20.3. The molecular weight excluding hydrogens is 402 g/mol. The van der Waals surface area contributed by atoms with Crippen LogP contribution in [0.5, 0.6) is 0 Å². The first-order chi connectivity index (χ1) is 13.4. The van der Waals surface area contributed by atoms with E-state index in [0.29, 0.717) is 10.6 Å². The monoisotopic (exact) mass is 419 g/mol. The zero-order valence-corrected chi connectivity index (χ0v) is 16.6. The number of aryl methyl sites for hydroxylation is 1. The van der Waals surface area contributed by atoms with Crippen LogP contribution in [0.2, 0.25) is 0 Å². The summed E-state index contributed by atoms with van der Waals surface area (Å²) in [6, 6.07) is 5.18. The SMILES string of the molecule is COC(=O)c1c(NC(=S)NC(=O)c2ccc([N+](=O)[O-])cc2)sc2c1CCCC2. The van der Waals surface area contributed by atoms with Gasteiger partial charge in [-0.25, -0.2) is 4.79 Å². The van der Waals surface area contributed by atoms with E-state index in [4.69, 9.17) is 17.0 Å². The summed E-state index contributed by atoms with van der Waals surface area (Å²) in [5, 5.41) is 16.7. The summed E-state index contributed by atoms with van der Waals surface area (Å²) in [6.07, 6.45) is 3.77. The first-order valence-corrected chi connectivity index (χ1v) is 9.72. The molecule has 0 atom stereocenters. The normalized spacial score (nSPS) is 12.6. The molecule has 3 rings (SSSR count). The largest absolute Gasteiger partial charge is 0.465 e. The minimum absolute atomic E-state index is 0.0344. The minimum Gasteiger partial charge on any atom is -0.465 e. The molecule has 8 nitrogen and oxygen atoms in total. The van der Waals surface area contributed by atoms with Crippen molar-refractivity contribution in [3.63, 3.8) is 0 Å². The number of benzene rings is 1. The van der Waals surface area contributed by atoms with Crippen molar-refractivity contribution in [2.45, 2.75) is 25.7 Å². The highest BCUT2D eigenvalue weighted by Crippen LogP contribution is 2.38. The number of non-ortho nitro benzene ring substituents is 1. The highest BCUT2D eigenvalue weighted by molar-refractivity contribution is 7.80. The molecule has 0 radical (unpaired) electrons. The van der Waals surface area contributed by atoms with Crippen molar-refractivity contribution < 1.29 is 19.2 Å². The van der Waals surface area contributed by atoms with Gasteiger partial charge in [-0.15, -0.1) is 11.3 Å². The van der Waals surface area contributed by atoms with Gasteiger partial charge in [0, 0.05) is 22.6 Å². The molecule has 0 saturated carbocycles. The maximum absolute atomic E-state index is 12.3. The fourth-order valence-electron chi connectivity index (χ4n) is 3.02. The van der Waals surface area contributed by atoms with Gasteiger partial charge in [0.15, 0.2) is 5.11 Å². The number of amides is 1. The number of carbonyl (C=O) groups is 2. The van der Waals surface area contributed by atoms with Crippen molar-refractivity contribution in [3.05, 3.63) is 55.9 Å². The third-order valence-electron chi connectivity index (χ3n) is 4.36. The number of ether oxygens (including phenoxy) is 1. The number of anilines is 1. The number of hydrogen-bond donors (Lipinski definition) is 2. The standard InChI is InChI=1S/C18H17N3O5S2/c1-26-17(23)14-12-4-2-3-5-13(12)28-16(14)20-18(27)19-15(22)10-6-8-11(9-7-10)21(24)25/h6-9H,2-5H2,1H3,(H2,19,20,22,27). The van der Waals surface area contributed by atoms with E-state index in [1.165, 1.54) is 42.7 Å². The quantitative estimate of drug-likeness (QED) is 0.338. The van der Waals surface area contributed by atoms with E-state index in [1.807, 2.05) is 0 Å². The average Bonchev–Trinajstić information content (AvgIpc) is 3.04. The minimum atomic E-state index is -0.541. The smallest absolute Gasteiger partial charge is 0.341 e. The van der Waals surface area contributed by atoms with Crippen LogP contribution in [0.25, 0.3) is 0 Å². The van der Waals surface area contributed by atoms with Gasteiger partial charge in [0.1, 0.15) is 5.00 Å². The zero-order valence-electron chi connectivity index (χ0n) is 14.9. The molecule has 0 bridgehead atoms. The number of rotatable bonds is 4. The Morgan fingerprint density at radius 2 is 1.89 bits per heavy atom. The topological polar surface area (TPSA) is 111 Å². The maximum atomic E-state index is 12.3. The molecular formula is C18H17N3O5S2. The number of thiophene rings is 1. The number of nitrogens with zero attached hydrogens (tertiary/aromatic N) is 1. The summed E-state index contributed by atoms with van der Waals surface area (Å²) < 4.78 is 4.91. The van der Waals surface area contributed by atoms with Crippen molar-refractivity contribution in [1.29, 1.82) is 0 Å². The number of fused-ring (bicyclic) bond motifs is 1. The molecule has 1 aliphatic rings. The summed E-state index contributed by atoms with van der Waals surface area (Å²) >= 11 is 6.64. The van der Waals surface area contributed by atoms with Crippen LogP contribution >= 0.6 is 23.6 Å². The molecule has 2 N–H and O–H groups in total. The lowest BCUT2D eigenvalue weighted by Gasteiger charge is -2.12. The number of nitro groups is 1. The molecule has 0 fully saturated rings. The first-order valence-electron chi connectivity index (χ1n) is 8.50. The summed E-state index contributed by atoms with van der Waals surface area (Å²) in [4.78, 5) is 35.8. The first kappa shape index (κ1) is 19.9. The van der Waals surface area contributed by atoms with Gasteiger partial charge < -0.3 is 10.1 Å². The lowest BCUT2D eigenvalue weighted by Crippen LogP contribution is -2.34. The van der Waals surface area contributed by atoms with Gasteiger partial charge in [-0.1, -0.05) is 0 Å². The maximum Gasteiger partial charge on any atom is 0.341 e. The lowest BCUT2D eigenvalue weighted by molar-refractivity contribution is -0.384. The van der Waals surface area contributed by atoms with E-state index >= 15 is 0 Å². The van der Waals surface area contributed by atoms with Crippen LogP contribution in [0.15, 0.2) is 24.3 Å².